The van der Waals surface area contributed by atoms with Gasteiger partial charge in [0.15, 0.2) is 0 Å². The topological polar surface area (TPSA) is 32.5 Å². The molecule has 1 aliphatic heterocycles. The lowest BCUT2D eigenvalue weighted by atomic mass is 9.89. The Bertz CT molecular complexity index is 409. The Morgan fingerprint density at radius 3 is 2.84 bits per heavy atom. The van der Waals surface area contributed by atoms with Crippen molar-refractivity contribution in [2.75, 3.05) is 33.7 Å². The summed E-state index contributed by atoms with van der Waals surface area (Å²) in [4.78, 5) is 6.17. The highest BCUT2D eigenvalue weighted by atomic mass is 35.5. The summed E-state index contributed by atoms with van der Waals surface area (Å²) in [6, 6.07) is 4.10. The maximum atomic E-state index is 6.13. The smallest absolute Gasteiger partial charge is 0.0931 e. The summed E-state index contributed by atoms with van der Waals surface area (Å²) >= 11 is 7.68. The zero-order valence-corrected chi connectivity index (χ0v) is 13.4. The zero-order chi connectivity index (χ0) is 13.9. The van der Waals surface area contributed by atoms with Crippen molar-refractivity contribution in [3.8, 4) is 0 Å². The third kappa shape index (κ3) is 3.70. The SMILES string of the molecule is CN1CCCC(CN)(N(C)Cc2ccc(Cl)s2)CC1. The minimum atomic E-state index is 0.140. The molecule has 108 valence electrons. The highest BCUT2D eigenvalue weighted by Gasteiger charge is 2.34. The zero-order valence-electron chi connectivity index (χ0n) is 11.9. The van der Waals surface area contributed by atoms with E-state index in [1.165, 1.54) is 24.3 Å². The quantitative estimate of drug-likeness (QED) is 0.928. The molecule has 0 radical (unpaired) electrons. The third-order valence-corrected chi connectivity index (χ3v) is 5.57. The van der Waals surface area contributed by atoms with E-state index < -0.39 is 0 Å². The monoisotopic (exact) mass is 301 g/mol. The summed E-state index contributed by atoms with van der Waals surface area (Å²) in [5.74, 6) is 0. The van der Waals surface area contributed by atoms with Crippen molar-refractivity contribution in [3.63, 3.8) is 0 Å². The van der Waals surface area contributed by atoms with Gasteiger partial charge in [0.1, 0.15) is 0 Å². The molecule has 1 aliphatic rings. The molecule has 2 heterocycles. The van der Waals surface area contributed by atoms with Crippen molar-refractivity contribution in [2.45, 2.75) is 31.3 Å². The Balaban J connectivity index is 2.06. The number of rotatable bonds is 4. The van der Waals surface area contributed by atoms with Crippen LogP contribution in [-0.2, 0) is 6.54 Å². The van der Waals surface area contributed by atoms with E-state index in [4.69, 9.17) is 17.3 Å². The van der Waals surface area contributed by atoms with E-state index in [1.807, 2.05) is 6.07 Å². The molecule has 1 atom stereocenters. The summed E-state index contributed by atoms with van der Waals surface area (Å²) < 4.78 is 0.866. The minimum absolute atomic E-state index is 0.140. The molecule has 1 unspecified atom stereocenters. The molecule has 1 fully saturated rings. The maximum absolute atomic E-state index is 6.13. The fraction of sp³-hybridized carbons (Fsp3) is 0.714. The van der Waals surface area contributed by atoms with Crippen LogP contribution in [0.4, 0.5) is 0 Å². The number of likely N-dealkylation sites (N-methyl/N-ethyl adjacent to an activating group) is 1. The van der Waals surface area contributed by atoms with Crippen LogP contribution < -0.4 is 5.73 Å². The lowest BCUT2D eigenvalue weighted by Gasteiger charge is -2.40. The van der Waals surface area contributed by atoms with E-state index >= 15 is 0 Å². The van der Waals surface area contributed by atoms with Crippen LogP contribution in [0.1, 0.15) is 24.1 Å². The molecule has 0 saturated carbocycles. The molecule has 5 heteroatoms. The van der Waals surface area contributed by atoms with Crippen molar-refractivity contribution in [1.29, 1.82) is 0 Å². The molecule has 0 bridgehead atoms. The molecule has 0 spiro atoms. The number of thiophene rings is 1. The average molecular weight is 302 g/mol. The van der Waals surface area contributed by atoms with E-state index in [9.17, 15) is 0 Å². The molecule has 0 aliphatic carbocycles. The Kier molecular flexibility index (Phi) is 5.26. The standard InChI is InChI=1S/C14H24ClN3S/c1-17-8-3-6-14(11-16,7-9-17)18(2)10-12-4-5-13(15)19-12/h4-5H,3,6-11,16H2,1-2H3. The normalized spacial score (nSPS) is 25.7. The van der Waals surface area contributed by atoms with Gasteiger partial charge in [-0.15, -0.1) is 11.3 Å². The molecule has 19 heavy (non-hydrogen) atoms. The van der Waals surface area contributed by atoms with Crippen molar-refractivity contribution in [2.24, 2.45) is 5.73 Å². The van der Waals surface area contributed by atoms with Gasteiger partial charge in [-0.1, -0.05) is 11.6 Å². The molecule has 2 rings (SSSR count). The van der Waals surface area contributed by atoms with E-state index in [0.717, 1.165) is 30.4 Å². The van der Waals surface area contributed by atoms with Gasteiger partial charge in [0.25, 0.3) is 0 Å². The lowest BCUT2D eigenvalue weighted by Crippen LogP contribution is -2.52. The van der Waals surface area contributed by atoms with Gasteiger partial charge in [-0.25, -0.2) is 0 Å². The number of halogens is 1. The fourth-order valence-corrected chi connectivity index (χ4v) is 4.03. The van der Waals surface area contributed by atoms with Crippen molar-refractivity contribution in [3.05, 3.63) is 21.3 Å². The number of hydrogen-bond acceptors (Lipinski definition) is 4. The van der Waals surface area contributed by atoms with E-state index in [-0.39, 0.29) is 5.54 Å². The van der Waals surface area contributed by atoms with Crippen LogP contribution in [0.15, 0.2) is 12.1 Å². The van der Waals surface area contributed by atoms with Gasteiger partial charge in [0.2, 0.25) is 0 Å². The van der Waals surface area contributed by atoms with Crippen molar-refractivity contribution >= 4 is 22.9 Å². The largest absolute Gasteiger partial charge is 0.329 e. The highest BCUT2D eigenvalue weighted by molar-refractivity contribution is 7.16. The van der Waals surface area contributed by atoms with Crippen LogP contribution >= 0.6 is 22.9 Å². The van der Waals surface area contributed by atoms with Crippen LogP contribution in [-0.4, -0.2) is 49.1 Å². The van der Waals surface area contributed by atoms with Crippen LogP contribution in [0.5, 0.6) is 0 Å². The highest BCUT2D eigenvalue weighted by Crippen LogP contribution is 2.30. The van der Waals surface area contributed by atoms with E-state index in [1.54, 1.807) is 11.3 Å². The Hall–Kier alpha value is -0.130. The first kappa shape index (κ1) is 15.3. The molecule has 1 aromatic rings. The maximum Gasteiger partial charge on any atom is 0.0931 e. The van der Waals surface area contributed by atoms with Crippen LogP contribution in [0, 0.1) is 0 Å². The first-order valence-electron chi connectivity index (χ1n) is 6.90. The summed E-state index contributed by atoms with van der Waals surface area (Å²) in [5, 5.41) is 0. The lowest BCUT2D eigenvalue weighted by molar-refractivity contribution is 0.101. The first-order chi connectivity index (χ1) is 9.05. The van der Waals surface area contributed by atoms with Crippen molar-refractivity contribution in [1.82, 2.24) is 9.80 Å². The van der Waals surface area contributed by atoms with Crippen LogP contribution in [0.3, 0.4) is 0 Å². The van der Waals surface area contributed by atoms with E-state index in [2.05, 4.69) is 30.0 Å². The van der Waals surface area contributed by atoms with Gasteiger partial charge < -0.3 is 10.6 Å². The second-order valence-electron chi connectivity index (χ2n) is 5.65. The van der Waals surface area contributed by atoms with Crippen LogP contribution in [0.25, 0.3) is 0 Å². The fourth-order valence-electron chi connectivity index (χ4n) is 2.89. The van der Waals surface area contributed by atoms with Crippen molar-refractivity contribution < 1.29 is 0 Å². The van der Waals surface area contributed by atoms with Gasteiger partial charge in [-0.05, 0) is 58.6 Å². The molecule has 1 aromatic heterocycles. The Labute approximate surface area is 125 Å². The summed E-state index contributed by atoms with van der Waals surface area (Å²) in [6.45, 7) is 3.99. The molecule has 3 nitrogen and oxygen atoms in total. The molecule has 0 amide bonds. The molecular weight excluding hydrogens is 278 g/mol. The second kappa shape index (κ2) is 6.55. The minimum Gasteiger partial charge on any atom is -0.329 e. The summed E-state index contributed by atoms with van der Waals surface area (Å²) in [7, 11) is 4.40. The molecule has 1 saturated heterocycles. The molecule has 0 aromatic carbocycles. The number of nitrogens with zero attached hydrogens (tertiary/aromatic N) is 2. The average Bonchev–Trinajstić information content (AvgIpc) is 2.68. The third-order valence-electron chi connectivity index (χ3n) is 4.35. The van der Waals surface area contributed by atoms with Gasteiger partial charge in [-0.2, -0.15) is 0 Å². The predicted octanol–water partition coefficient (Wildman–Crippen LogP) is 2.65. The molecular formula is C14H24ClN3S. The first-order valence-corrected chi connectivity index (χ1v) is 8.09. The van der Waals surface area contributed by atoms with Gasteiger partial charge in [0, 0.05) is 23.5 Å². The number of nitrogens with two attached hydrogens (primary N) is 1. The summed E-state index contributed by atoms with van der Waals surface area (Å²) in [5.41, 5.74) is 6.27. The molecule has 2 N–H and O–H groups in total. The Morgan fingerprint density at radius 1 is 1.42 bits per heavy atom. The summed E-state index contributed by atoms with van der Waals surface area (Å²) in [6.07, 6.45) is 3.56. The Morgan fingerprint density at radius 2 is 2.21 bits per heavy atom. The van der Waals surface area contributed by atoms with Gasteiger partial charge >= 0.3 is 0 Å². The number of hydrogen-bond donors (Lipinski definition) is 1. The van der Waals surface area contributed by atoms with Gasteiger partial charge in [0.05, 0.1) is 4.34 Å². The second-order valence-corrected chi connectivity index (χ2v) is 7.45. The van der Waals surface area contributed by atoms with E-state index in [0.29, 0.717) is 0 Å². The van der Waals surface area contributed by atoms with Crippen LogP contribution in [0.2, 0.25) is 4.34 Å². The number of likely N-dealkylation sites (tertiary alicyclic amines) is 1. The van der Waals surface area contributed by atoms with Gasteiger partial charge in [-0.3, -0.25) is 4.90 Å². The predicted molar refractivity (Wildman–Crippen MR) is 83.9 cm³/mol.